The topological polar surface area (TPSA) is 138 Å². The number of hydrogen-bond donors (Lipinski definition) is 1. The number of ether oxygens (including phenoxy) is 1. The number of carbonyl (C=O) groups excluding carboxylic acids is 1. The molecule has 0 aliphatic heterocycles. The number of rotatable bonds is 4. The average Bonchev–Trinajstić information content (AvgIpc) is 2.29. The number of nitrogens with zero attached hydrogens (tertiary/aromatic N) is 4. The second kappa shape index (κ2) is 5.45. The molecule has 9 nitrogen and oxygen atoms in total. The molecule has 0 saturated carbocycles. The van der Waals surface area contributed by atoms with Crippen LogP contribution >= 0.6 is 0 Å². The molecule has 0 saturated heterocycles. The number of aliphatic hydroxyl groups is 1. The van der Waals surface area contributed by atoms with Crippen LogP contribution in [0.4, 0.5) is 11.4 Å². The lowest BCUT2D eigenvalue weighted by Gasteiger charge is -2.02. The zero-order valence-corrected chi connectivity index (χ0v) is 8.31. The van der Waals surface area contributed by atoms with Gasteiger partial charge in [-0.05, 0) is 17.7 Å². The van der Waals surface area contributed by atoms with Gasteiger partial charge in [-0.25, -0.2) is 4.79 Å². The Balaban J connectivity index is 3.29. The van der Waals surface area contributed by atoms with E-state index in [-0.39, 0.29) is 5.69 Å². The molecule has 0 aromatic heterocycles. The van der Waals surface area contributed by atoms with Crippen LogP contribution in [0, 0.1) is 10.1 Å². The van der Waals surface area contributed by atoms with Crippen LogP contribution in [0.5, 0.6) is 0 Å². The second-order valence-electron chi connectivity index (χ2n) is 2.71. The quantitative estimate of drug-likeness (QED) is 0.161. The van der Waals surface area contributed by atoms with E-state index in [1.807, 2.05) is 0 Å². The van der Waals surface area contributed by atoms with Gasteiger partial charge in [0.2, 0.25) is 0 Å². The third-order valence-electron chi connectivity index (χ3n) is 1.75. The Kier molecular flexibility index (Phi) is 3.98. The SMILES string of the molecule is [N-]=[N+]=Nc1ccc([N+](=O)[O-])c(C(=O)OCO)c1. The Hall–Kier alpha value is -2.64. The third-order valence-corrected chi connectivity index (χ3v) is 1.75. The van der Waals surface area contributed by atoms with Gasteiger partial charge in [0, 0.05) is 16.7 Å². The molecule has 1 aromatic rings. The highest BCUT2D eigenvalue weighted by molar-refractivity contribution is 5.94. The summed E-state index contributed by atoms with van der Waals surface area (Å²) in [5.74, 6) is -1.07. The van der Waals surface area contributed by atoms with Crippen molar-refractivity contribution in [2.45, 2.75) is 0 Å². The Morgan fingerprint density at radius 1 is 1.65 bits per heavy atom. The number of nitro groups is 1. The molecule has 1 rings (SSSR count). The minimum atomic E-state index is -1.07. The zero-order chi connectivity index (χ0) is 12.8. The van der Waals surface area contributed by atoms with Gasteiger partial charge in [-0.3, -0.25) is 10.1 Å². The zero-order valence-electron chi connectivity index (χ0n) is 8.31. The Morgan fingerprint density at radius 2 is 2.35 bits per heavy atom. The summed E-state index contributed by atoms with van der Waals surface area (Å²) >= 11 is 0. The van der Waals surface area contributed by atoms with Gasteiger partial charge in [0.05, 0.1) is 4.92 Å². The molecule has 0 spiro atoms. The van der Waals surface area contributed by atoms with Crippen LogP contribution in [0.1, 0.15) is 10.4 Å². The fourth-order valence-electron chi connectivity index (χ4n) is 1.10. The predicted molar refractivity (Wildman–Crippen MR) is 54.4 cm³/mol. The number of nitro benzene ring substituents is 1. The predicted octanol–water partition coefficient (Wildman–Crippen LogP) is 1.64. The van der Waals surface area contributed by atoms with Crippen molar-refractivity contribution in [3.63, 3.8) is 0 Å². The van der Waals surface area contributed by atoms with Crippen molar-refractivity contribution < 1.29 is 19.6 Å². The Bertz CT molecular complexity index is 509. The smallest absolute Gasteiger partial charge is 0.347 e. The summed E-state index contributed by atoms with van der Waals surface area (Å²) in [6.07, 6.45) is 0. The van der Waals surface area contributed by atoms with Crippen LogP contribution in [0.2, 0.25) is 0 Å². The summed E-state index contributed by atoms with van der Waals surface area (Å²) < 4.78 is 4.23. The van der Waals surface area contributed by atoms with E-state index in [1.165, 1.54) is 6.07 Å². The first-order valence-corrected chi connectivity index (χ1v) is 4.21. The van der Waals surface area contributed by atoms with Gasteiger partial charge < -0.3 is 9.84 Å². The van der Waals surface area contributed by atoms with Crippen molar-refractivity contribution in [1.29, 1.82) is 0 Å². The van der Waals surface area contributed by atoms with Crippen molar-refractivity contribution in [2.24, 2.45) is 5.11 Å². The van der Waals surface area contributed by atoms with Crippen LogP contribution in [-0.2, 0) is 4.74 Å². The average molecular weight is 238 g/mol. The van der Waals surface area contributed by atoms with Gasteiger partial charge >= 0.3 is 5.97 Å². The lowest BCUT2D eigenvalue weighted by atomic mass is 10.1. The molecule has 1 N–H and O–H groups in total. The van der Waals surface area contributed by atoms with Crippen molar-refractivity contribution in [1.82, 2.24) is 0 Å². The van der Waals surface area contributed by atoms with Crippen LogP contribution in [-0.4, -0.2) is 22.8 Å². The maximum absolute atomic E-state index is 11.3. The highest BCUT2D eigenvalue weighted by Crippen LogP contribution is 2.25. The van der Waals surface area contributed by atoms with Crippen molar-refractivity contribution in [3.8, 4) is 0 Å². The minimum absolute atomic E-state index is 0.0305. The second-order valence-corrected chi connectivity index (χ2v) is 2.71. The first-order valence-electron chi connectivity index (χ1n) is 4.21. The molecular weight excluding hydrogens is 232 g/mol. The van der Waals surface area contributed by atoms with Crippen molar-refractivity contribution in [3.05, 3.63) is 44.3 Å². The van der Waals surface area contributed by atoms with Crippen LogP contribution in [0.15, 0.2) is 23.3 Å². The van der Waals surface area contributed by atoms with E-state index in [0.717, 1.165) is 12.1 Å². The summed E-state index contributed by atoms with van der Waals surface area (Å²) in [6, 6.07) is 3.21. The normalized spacial score (nSPS) is 9.24. The van der Waals surface area contributed by atoms with Gasteiger partial charge in [-0.15, -0.1) is 0 Å². The molecule has 17 heavy (non-hydrogen) atoms. The number of esters is 1. The maximum atomic E-state index is 11.3. The molecule has 0 amide bonds. The molecule has 0 atom stereocenters. The number of azide groups is 1. The molecular formula is C8H6N4O5. The first-order chi connectivity index (χ1) is 8.10. The molecule has 1 aromatic carbocycles. The largest absolute Gasteiger partial charge is 0.435 e. The van der Waals surface area contributed by atoms with Crippen molar-refractivity contribution >= 4 is 17.3 Å². The Labute approximate surface area is 94.0 Å². The lowest BCUT2D eigenvalue weighted by molar-refractivity contribution is -0.385. The minimum Gasteiger partial charge on any atom is -0.435 e. The van der Waals surface area contributed by atoms with Gasteiger partial charge in [0.1, 0.15) is 5.56 Å². The van der Waals surface area contributed by atoms with Crippen LogP contribution in [0.3, 0.4) is 0 Å². The summed E-state index contributed by atoms with van der Waals surface area (Å²) in [5.41, 5.74) is 7.34. The van der Waals surface area contributed by atoms with E-state index in [2.05, 4.69) is 14.8 Å². The molecule has 0 aliphatic carbocycles. The highest BCUT2D eigenvalue weighted by Gasteiger charge is 2.21. The summed E-state index contributed by atoms with van der Waals surface area (Å²) in [4.78, 5) is 23.6. The number of carbonyl (C=O) groups is 1. The molecule has 0 heterocycles. The number of benzene rings is 1. The standard InChI is InChI=1S/C8H6N4O5/c9-11-10-5-1-2-7(12(15)16)6(3-5)8(14)17-4-13/h1-3,13H,4H2. The van der Waals surface area contributed by atoms with E-state index >= 15 is 0 Å². The van der Waals surface area contributed by atoms with Gasteiger partial charge in [0.25, 0.3) is 5.69 Å². The molecule has 88 valence electrons. The highest BCUT2D eigenvalue weighted by atomic mass is 16.6. The van der Waals surface area contributed by atoms with E-state index in [0.29, 0.717) is 0 Å². The van der Waals surface area contributed by atoms with Gasteiger partial charge in [-0.2, -0.15) is 0 Å². The fraction of sp³-hybridized carbons (Fsp3) is 0.125. The van der Waals surface area contributed by atoms with Crippen LogP contribution < -0.4 is 0 Å². The molecule has 0 radical (unpaired) electrons. The van der Waals surface area contributed by atoms with Crippen molar-refractivity contribution in [2.75, 3.05) is 6.79 Å². The summed E-state index contributed by atoms with van der Waals surface area (Å²) in [5, 5.41) is 22.2. The summed E-state index contributed by atoms with van der Waals surface area (Å²) in [7, 11) is 0. The fourth-order valence-corrected chi connectivity index (χ4v) is 1.10. The van der Waals surface area contributed by atoms with Crippen LogP contribution in [0.25, 0.3) is 10.4 Å². The number of hydrogen-bond acceptors (Lipinski definition) is 6. The molecule has 0 bridgehead atoms. The molecule has 9 heteroatoms. The van der Waals surface area contributed by atoms with E-state index in [1.54, 1.807) is 0 Å². The first kappa shape index (κ1) is 12.4. The van der Waals surface area contributed by atoms with Gasteiger partial charge in [-0.1, -0.05) is 5.11 Å². The maximum Gasteiger partial charge on any atom is 0.347 e. The summed E-state index contributed by atoms with van der Waals surface area (Å²) in [6.45, 7) is -0.901. The number of aliphatic hydroxyl groups excluding tert-OH is 1. The molecule has 0 unspecified atom stereocenters. The van der Waals surface area contributed by atoms with Gasteiger partial charge in [0.15, 0.2) is 6.79 Å². The lowest BCUT2D eigenvalue weighted by Crippen LogP contribution is -2.08. The van der Waals surface area contributed by atoms with E-state index in [9.17, 15) is 14.9 Å². The third kappa shape index (κ3) is 2.91. The van der Waals surface area contributed by atoms with E-state index in [4.69, 9.17) is 10.6 Å². The van der Waals surface area contributed by atoms with E-state index < -0.39 is 28.9 Å². The molecule has 0 fully saturated rings. The molecule has 0 aliphatic rings. The Morgan fingerprint density at radius 3 is 2.88 bits per heavy atom. The monoisotopic (exact) mass is 238 g/mol.